The molecule has 19 heavy (non-hydrogen) atoms. The topological polar surface area (TPSA) is 35.2 Å². The highest BCUT2D eigenvalue weighted by molar-refractivity contribution is 5.24. The van der Waals surface area contributed by atoms with Crippen LogP contribution in [0.15, 0.2) is 24.3 Å². The van der Waals surface area contributed by atoms with E-state index in [1.54, 1.807) is 0 Å². The van der Waals surface area contributed by atoms with Gasteiger partial charge in [0.25, 0.3) is 0 Å². The molecule has 2 N–H and O–H groups in total. The zero-order valence-electron chi connectivity index (χ0n) is 12.9. The van der Waals surface area contributed by atoms with Crippen molar-refractivity contribution in [2.75, 3.05) is 6.61 Å². The summed E-state index contributed by atoms with van der Waals surface area (Å²) in [6.45, 7) is 9.46. The lowest BCUT2D eigenvalue weighted by Gasteiger charge is -2.25. The summed E-state index contributed by atoms with van der Waals surface area (Å²) in [5.41, 5.74) is 8.69. The average molecular weight is 263 g/mol. The van der Waals surface area contributed by atoms with Gasteiger partial charge < -0.3 is 10.5 Å². The van der Waals surface area contributed by atoms with E-state index >= 15 is 0 Å². The molecule has 0 heterocycles. The second-order valence-electron chi connectivity index (χ2n) is 5.63. The fraction of sp³-hybridized carbons (Fsp3) is 0.647. The summed E-state index contributed by atoms with van der Waals surface area (Å²) in [5, 5.41) is 0. The van der Waals surface area contributed by atoms with Crippen LogP contribution in [-0.2, 0) is 4.74 Å². The zero-order chi connectivity index (χ0) is 14.3. The van der Waals surface area contributed by atoms with Crippen molar-refractivity contribution < 1.29 is 4.74 Å². The predicted octanol–water partition coefficient (Wildman–Crippen LogP) is 4.23. The molecule has 1 rings (SSSR count). The van der Waals surface area contributed by atoms with Crippen molar-refractivity contribution in [3.05, 3.63) is 35.4 Å². The molecular weight excluding hydrogens is 234 g/mol. The Bertz CT molecular complexity index is 347. The minimum Gasteiger partial charge on any atom is -0.372 e. The van der Waals surface area contributed by atoms with E-state index in [4.69, 9.17) is 10.5 Å². The summed E-state index contributed by atoms with van der Waals surface area (Å²) in [5.74, 6) is 0.599. The van der Waals surface area contributed by atoms with Crippen molar-refractivity contribution in [3.8, 4) is 0 Å². The van der Waals surface area contributed by atoms with E-state index in [0.717, 1.165) is 13.0 Å². The van der Waals surface area contributed by atoms with Gasteiger partial charge in [0, 0.05) is 6.04 Å². The van der Waals surface area contributed by atoms with Crippen LogP contribution in [0, 0.1) is 12.8 Å². The van der Waals surface area contributed by atoms with Gasteiger partial charge in [-0.2, -0.15) is 0 Å². The van der Waals surface area contributed by atoms with Crippen LogP contribution in [0.5, 0.6) is 0 Å². The Balaban J connectivity index is 2.69. The average Bonchev–Trinajstić information content (AvgIpc) is 2.41. The van der Waals surface area contributed by atoms with Crippen LogP contribution in [0.4, 0.5) is 0 Å². The maximum absolute atomic E-state index is 6.22. The quantitative estimate of drug-likeness (QED) is 0.762. The summed E-state index contributed by atoms with van der Waals surface area (Å²) >= 11 is 0. The minimum absolute atomic E-state index is 0.0184. The monoisotopic (exact) mass is 263 g/mol. The van der Waals surface area contributed by atoms with E-state index in [2.05, 4.69) is 52.0 Å². The van der Waals surface area contributed by atoms with Gasteiger partial charge >= 0.3 is 0 Å². The zero-order valence-corrected chi connectivity index (χ0v) is 12.9. The molecule has 0 saturated carbocycles. The fourth-order valence-corrected chi connectivity index (χ4v) is 2.28. The first-order chi connectivity index (χ1) is 9.08. The number of hydrogen-bond acceptors (Lipinski definition) is 2. The van der Waals surface area contributed by atoms with Crippen LogP contribution >= 0.6 is 0 Å². The van der Waals surface area contributed by atoms with Crippen LogP contribution in [-0.4, -0.2) is 12.6 Å². The number of hydrogen-bond donors (Lipinski definition) is 1. The lowest BCUT2D eigenvalue weighted by Crippen LogP contribution is -2.30. The Morgan fingerprint density at radius 2 is 1.79 bits per heavy atom. The molecule has 0 saturated heterocycles. The highest BCUT2D eigenvalue weighted by Gasteiger charge is 2.19. The molecule has 0 radical (unpaired) electrons. The van der Waals surface area contributed by atoms with Gasteiger partial charge in [0.1, 0.15) is 0 Å². The van der Waals surface area contributed by atoms with E-state index in [1.165, 1.54) is 24.0 Å². The summed E-state index contributed by atoms with van der Waals surface area (Å²) < 4.78 is 6.11. The minimum atomic E-state index is 0.0184. The van der Waals surface area contributed by atoms with Crippen LogP contribution in [0.2, 0.25) is 0 Å². The third kappa shape index (κ3) is 5.33. The molecular formula is C17H29NO. The maximum atomic E-state index is 6.22. The first-order valence-corrected chi connectivity index (χ1v) is 7.52. The molecule has 1 aromatic rings. The maximum Gasteiger partial charge on any atom is 0.0975 e. The number of aryl methyl sites for hydroxylation is 1. The molecule has 0 fully saturated rings. The van der Waals surface area contributed by atoms with E-state index in [9.17, 15) is 0 Å². The molecule has 108 valence electrons. The largest absolute Gasteiger partial charge is 0.372 e. The van der Waals surface area contributed by atoms with Crippen molar-refractivity contribution in [1.29, 1.82) is 0 Å². The van der Waals surface area contributed by atoms with Gasteiger partial charge in [-0.15, -0.1) is 0 Å². The van der Waals surface area contributed by atoms with Crippen LogP contribution in [0.25, 0.3) is 0 Å². The van der Waals surface area contributed by atoms with E-state index in [-0.39, 0.29) is 12.1 Å². The van der Waals surface area contributed by atoms with Crippen molar-refractivity contribution >= 4 is 0 Å². The number of rotatable bonds is 8. The molecule has 2 nitrogen and oxygen atoms in total. The van der Waals surface area contributed by atoms with Crippen LogP contribution in [0.3, 0.4) is 0 Å². The number of benzene rings is 1. The highest BCUT2D eigenvalue weighted by atomic mass is 16.5. The first-order valence-electron chi connectivity index (χ1n) is 7.52. The molecule has 3 unspecified atom stereocenters. The lowest BCUT2D eigenvalue weighted by molar-refractivity contribution is 0.0131. The summed E-state index contributed by atoms with van der Waals surface area (Å²) in [6, 6.07) is 8.60. The van der Waals surface area contributed by atoms with Gasteiger partial charge in [-0.1, -0.05) is 57.0 Å². The van der Waals surface area contributed by atoms with Crippen LogP contribution < -0.4 is 5.73 Å². The molecule has 0 aliphatic rings. The van der Waals surface area contributed by atoms with Gasteiger partial charge in [-0.3, -0.25) is 0 Å². The molecule has 0 aliphatic carbocycles. The van der Waals surface area contributed by atoms with Gasteiger partial charge in [-0.05, 0) is 31.2 Å². The first kappa shape index (κ1) is 16.2. The number of ether oxygens (including phenoxy) is 1. The molecule has 1 aromatic carbocycles. The predicted molar refractivity (Wildman–Crippen MR) is 82.2 cm³/mol. The van der Waals surface area contributed by atoms with Gasteiger partial charge in [0.05, 0.1) is 12.7 Å². The SMILES string of the molecule is CCCC(C)COC(c1ccc(C)cc1)C(N)CC. The number of nitrogens with two attached hydrogens (primary N) is 1. The van der Waals surface area contributed by atoms with E-state index in [1.807, 2.05) is 0 Å². The normalized spacial score (nSPS) is 16.1. The molecule has 0 aromatic heterocycles. The van der Waals surface area contributed by atoms with Crippen molar-refractivity contribution in [3.63, 3.8) is 0 Å². The lowest BCUT2D eigenvalue weighted by atomic mass is 9.99. The second kappa shape index (κ2) is 8.34. The fourth-order valence-electron chi connectivity index (χ4n) is 2.28. The molecule has 0 aliphatic heterocycles. The Kier molecular flexibility index (Phi) is 7.11. The molecule has 0 amide bonds. The third-order valence-corrected chi connectivity index (χ3v) is 3.61. The summed E-state index contributed by atoms with van der Waals surface area (Å²) in [7, 11) is 0. The van der Waals surface area contributed by atoms with Gasteiger partial charge in [-0.25, -0.2) is 0 Å². The Morgan fingerprint density at radius 1 is 1.16 bits per heavy atom. The Hall–Kier alpha value is -0.860. The van der Waals surface area contributed by atoms with Crippen molar-refractivity contribution in [2.45, 2.75) is 59.1 Å². The Morgan fingerprint density at radius 3 is 2.32 bits per heavy atom. The Labute approximate surface area is 118 Å². The third-order valence-electron chi connectivity index (χ3n) is 3.61. The standard InChI is InChI=1S/C17H29NO/c1-5-7-14(4)12-19-17(16(18)6-2)15-10-8-13(3)9-11-15/h8-11,14,16-17H,5-7,12,18H2,1-4H3. The summed E-state index contributed by atoms with van der Waals surface area (Å²) in [6.07, 6.45) is 3.37. The van der Waals surface area contributed by atoms with Crippen molar-refractivity contribution in [1.82, 2.24) is 0 Å². The molecule has 0 bridgehead atoms. The molecule has 3 atom stereocenters. The van der Waals surface area contributed by atoms with Crippen LogP contribution in [0.1, 0.15) is 57.3 Å². The van der Waals surface area contributed by atoms with E-state index < -0.39 is 0 Å². The smallest absolute Gasteiger partial charge is 0.0975 e. The molecule has 2 heteroatoms. The van der Waals surface area contributed by atoms with E-state index in [0.29, 0.717) is 5.92 Å². The second-order valence-corrected chi connectivity index (χ2v) is 5.63. The summed E-state index contributed by atoms with van der Waals surface area (Å²) in [4.78, 5) is 0. The molecule has 0 spiro atoms. The van der Waals surface area contributed by atoms with Gasteiger partial charge in [0.15, 0.2) is 0 Å². The highest BCUT2D eigenvalue weighted by Crippen LogP contribution is 2.24. The van der Waals surface area contributed by atoms with Crippen molar-refractivity contribution in [2.24, 2.45) is 11.7 Å². The van der Waals surface area contributed by atoms with Gasteiger partial charge in [0.2, 0.25) is 0 Å².